The molecule has 0 bridgehead atoms. The van der Waals surface area contributed by atoms with E-state index in [9.17, 15) is 8.78 Å². The molecule has 0 aliphatic heterocycles. The van der Waals surface area contributed by atoms with Gasteiger partial charge in [-0.1, -0.05) is 11.6 Å². The highest BCUT2D eigenvalue weighted by Gasteiger charge is 2.15. The van der Waals surface area contributed by atoms with Crippen LogP contribution in [0.5, 0.6) is 0 Å². The lowest BCUT2D eigenvalue weighted by Gasteiger charge is -2.07. The van der Waals surface area contributed by atoms with Gasteiger partial charge < -0.3 is 10.3 Å². The molecule has 2 aromatic heterocycles. The zero-order chi connectivity index (χ0) is 15.0. The molecule has 2 N–H and O–H groups in total. The Balaban J connectivity index is 2.24. The molecule has 0 spiro atoms. The number of pyridine rings is 1. The molecule has 21 heavy (non-hydrogen) atoms. The smallest absolute Gasteiger partial charge is 0.160 e. The zero-order valence-electron chi connectivity index (χ0n) is 10.9. The zero-order valence-corrected chi connectivity index (χ0v) is 11.6. The minimum atomic E-state index is -0.926. The van der Waals surface area contributed by atoms with Gasteiger partial charge in [0.15, 0.2) is 17.3 Å². The van der Waals surface area contributed by atoms with E-state index in [1.165, 1.54) is 12.3 Å². The summed E-state index contributed by atoms with van der Waals surface area (Å²) in [7, 11) is 0. The Bertz CT molecular complexity index is 816. The second kappa shape index (κ2) is 5.38. The van der Waals surface area contributed by atoms with E-state index in [2.05, 4.69) is 9.97 Å². The summed E-state index contributed by atoms with van der Waals surface area (Å²) in [4.78, 5) is 8.64. The van der Waals surface area contributed by atoms with Crippen molar-refractivity contribution in [2.75, 3.05) is 6.54 Å². The Labute approximate surface area is 124 Å². The van der Waals surface area contributed by atoms with E-state index < -0.39 is 11.6 Å². The van der Waals surface area contributed by atoms with Crippen LogP contribution in [0, 0.1) is 11.6 Å². The van der Waals surface area contributed by atoms with Crippen molar-refractivity contribution in [3.8, 4) is 11.4 Å². The van der Waals surface area contributed by atoms with Crippen LogP contribution < -0.4 is 5.73 Å². The standard InChI is InChI=1S/C14H11ClF2N4/c15-9-6-12-14(19-7-9)21(4-3-18)13(20-12)8-1-2-10(16)11(17)5-8/h1-2,5-7H,3-4,18H2. The summed E-state index contributed by atoms with van der Waals surface area (Å²) in [5.41, 5.74) is 7.24. The molecule has 0 atom stereocenters. The lowest BCUT2D eigenvalue weighted by atomic mass is 10.2. The van der Waals surface area contributed by atoms with Crippen molar-refractivity contribution in [2.45, 2.75) is 6.54 Å². The SMILES string of the molecule is NCCn1c(-c2ccc(F)c(F)c2)nc2cc(Cl)cnc21. The van der Waals surface area contributed by atoms with Gasteiger partial charge >= 0.3 is 0 Å². The van der Waals surface area contributed by atoms with Gasteiger partial charge in [0.2, 0.25) is 0 Å². The van der Waals surface area contributed by atoms with E-state index in [4.69, 9.17) is 17.3 Å². The quantitative estimate of drug-likeness (QED) is 0.809. The predicted octanol–water partition coefficient (Wildman–Crippen LogP) is 2.99. The van der Waals surface area contributed by atoms with Gasteiger partial charge in [-0.2, -0.15) is 0 Å². The van der Waals surface area contributed by atoms with Crippen LogP contribution in [0.1, 0.15) is 0 Å². The van der Waals surface area contributed by atoms with Gasteiger partial charge in [0.05, 0.1) is 5.02 Å². The second-order valence-corrected chi connectivity index (χ2v) is 4.94. The van der Waals surface area contributed by atoms with Crippen molar-refractivity contribution in [1.82, 2.24) is 14.5 Å². The van der Waals surface area contributed by atoms with Gasteiger partial charge in [-0.15, -0.1) is 0 Å². The van der Waals surface area contributed by atoms with E-state index in [0.29, 0.717) is 40.7 Å². The molecule has 0 fully saturated rings. The average molecular weight is 309 g/mol. The van der Waals surface area contributed by atoms with Crippen LogP contribution in [0.3, 0.4) is 0 Å². The molecule has 0 aliphatic carbocycles. The number of rotatable bonds is 3. The maximum absolute atomic E-state index is 13.4. The van der Waals surface area contributed by atoms with Crippen LogP contribution in [-0.4, -0.2) is 21.1 Å². The summed E-state index contributed by atoms with van der Waals surface area (Å²) in [6, 6.07) is 5.30. The van der Waals surface area contributed by atoms with Crippen LogP contribution in [0.2, 0.25) is 5.02 Å². The predicted molar refractivity (Wildman–Crippen MR) is 76.9 cm³/mol. The minimum absolute atomic E-state index is 0.368. The van der Waals surface area contributed by atoms with Crippen LogP contribution in [-0.2, 0) is 6.54 Å². The summed E-state index contributed by atoms with van der Waals surface area (Å²) >= 11 is 5.90. The molecule has 0 aliphatic rings. The van der Waals surface area contributed by atoms with E-state index in [1.54, 1.807) is 10.6 Å². The summed E-state index contributed by atoms with van der Waals surface area (Å²) in [5.74, 6) is -1.35. The fraction of sp³-hybridized carbons (Fsp3) is 0.143. The Kier molecular flexibility index (Phi) is 3.57. The fourth-order valence-corrected chi connectivity index (χ4v) is 2.34. The van der Waals surface area contributed by atoms with Crippen molar-refractivity contribution in [3.05, 3.63) is 47.1 Å². The van der Waals surface area contributed by atoms with Crippen molar-refractivity contribution in [3.63, 3.8) is 0 Å². The lowest BCUT2D eigenvalue weighted by molar-refractivity contribution is 0.509. The van der Waals surface area contributed by atoms with Crippen LogP contribution in [0.15, 0.2) is 30.5 Å². The van der Waals surface area contributed by atoms with Gasteiger partial charge in [0.25, 0.3) is 0 Å². The molecule has 3 aromatic rings. The first-order chi connectivity index (χ1) is 10.1. The summed E-state index contributed by atoms with van der Waals surface area (Å²) in [6.07, 6.45) is 1.51. The molecule has 0 amide bonds. The first kappa shape index (κ1) is 13.9. The van der Waals surface area contributed by atoms with Gasteiger partial charge in [-0.05, 0) is 24.3 Å². The molecule has 3 rings (SSSR count). The normalized spacial score (nSPS) is 11.2. The molecule has 7 heteroatoms. The highest BCUT2D eigenvalue weighted by molar-refractivity contribution is 6.31. The molecule has 4 nitrogen and oxygen atoms in total. The third kappa shape index (κ3) is 2.48. The number of halogens is 3. The Morgan fingerprint density at radius 2 is 2.00 bits per heavy atom. The van der Waals surface area contributed by atoms with Crippen molar-refractivity contribution in [2.24, 2.45) is 5.73 Å². The number of fused-ring (bicyclic) bond motifs is 1. The number of nitrogens with two attached hydrogens (primary N) is 1. The average Bonchev–Trinajstić information content (AvgIpc) is 2.80. The largest absolute Gasteiger partial charge is 0.329 e. The van der Waals surface area contributed by atoms with Gasteiger partial charge in [0, 0.05) is 24.8 Å². The van der Waals surface area contributed by atoms with Gasteiger partial charge in [-0.3, -0.25) is 0 Å². The van der Waals surface area contributed by atoms with Crippen molar-refractivity contribution in [1.29, 1.82) is 0 Å². The number of hydrogen-bond donors (Lipinski definition) is 1. The number of imidazole rings is 1. The van der Waals surface area contributed by atoms with Crippen LogP contribution in [0.4, 0.5) is 8.78 Å². The summed E-state index contributed by atoms with van der Waals surface area (Å²) in [5, 5.41) is 0.455. The Morgan fingerprint density at radius 1 is 1.19 bits per heavy atom. The number of benzene rings is 1. The lowest BCUT2D eigenvalue weighted by Crippen LogP contribution is -2.11. The number of aromatic nitrogens is 3. The van der Waals surface area contributed by atoms with Crippen molar-refractivity contribution < 1.29 is 8.78 Å². The highest BCUT2D eigenvalue weighted by atomic mass is 35.5. The first-order valence-corrected chi connectivity index (χ1v) is 6.65. The second-order valence-electron chi connectivity index (χ2n) is 4.50. The topological polar surface area (TPSA) is 56.7 Å². The molecule has 0 saturated heterocycles. The molecule has 2 heterocycles. The molecule has 1 aromatic carbocycles. The maximum Gasteiger partial charge on any atom is 0.160 e. The molecule has 0 saturated carbocycles. The van der Waals surface area contributed by atoms with E-state index in [1.807, 2.05) is 0 Å². The van der Waals surface area contributed by atoms with Gasteiger partial charge in [0.1, 0.15) is 11.3 Å². The fourth-order valence-electron chi connectivity index (χ4n) is 2.18. The third-order valence-electron chi connectivity index (χ3n) is 3.08. The van der Waals surface area contributed by atoms with E-state index >= 15 is 0 Å². The van der Waals surface area contributed by atoms with Crippen LogP contribution >= 0.6 is 11.6 Å². The first-order valence-electron chi connectivity index (χ1n) is 6.27. The highest BCUT2D eigenvalue weighted by Crippen LogP contribution is 2.26. The molecule has 0 unspecified atom stereocenters. The maximum atomic E-state index is 13.4. The molecular weight excluding hydrogens is 298 g/mol. The summed E-state index contributed by atoms with van der Waals surface area (Å²) in [6.45, 7) is 0.825. The Morgan fingerprint density at radius 3 is 2.71 bits per heavy atom. The molecular formula is C14H11ClF2N4. The van der Waals surface area contributed by atoms with Crippen molar-refractivity contribution >= 4 is 22.8 Å². The summed E-state index contributed by atoms with van der Waals surface area (Å²) < 4.78 is 28.3. The number of nitrogens with zero attached hydrogens (tertiary/aromatic N) is 3. The van der Waals surface area contributed by atoms with Gasteiger partial charge in [-0.25, -0.2) is 18.7 Å². The molecule has 0 radical (unpaired) electrons. The number of hydrogen-bond acceptors (Lipinski definition) is 3. The Hall–Kier alpha value is -2.05. The van der Waals surface area contributed by atoms with E-state index in [-0.39, 0.29) is 0 Å². The minimum Gasteiger partial charge on any atom is -0.329 e. The molecule has 108 valence electrons. The van der Waals surface area contributed by atoms with Crippen LogP contribution in [0.25, 0.3) is 22.6 Å². The van der Waals surface area contributed by atoms with E-state index in [0.717, 1.165) is 12.1 Å². The monoisotopic (exact) mass is 308 g/mol. The third-order valence-corrected chi connectivity index (χ3v) is 3.29.